The van der Waals surface area contributed by atoms with Crippen LogP contribution in [0.5, 0.6) is 0 Å². The Morgan fingerprint density at radius 3 is 2.26 bits per heavy atom. The largest absolute Gasteiger partial charge is 0.479 e. The number of amides is 2. The molecule has 0 fully saturated rings. The summed E-state index contributed by atoms with van der Waals surface area (Å²) in [5.74, 6) is -2.67. The number of ether oxygens (including phenoxy) is 1. The average Bonchev–Trinajstić information content (AvgIpc) is 2.75. The van der Waals surface area contributed by atoms with Gasteiger partial charge in [0.15, 0.2) is 11.9 Å². The van der Waals surface area contributed by atoms with E-state index in [2.05, 4.69) is 10.6 Å². The first-order valence-corrected chi connectivity index (χ1v) is 9.91. The third-order valence-electron chi connectivity index (χ3n) is 4.41. The van der Waals surface area contributed by atoms with Crippen LogP contribution in [-0.4, -0.2) is 59.9 Å². The Hall–Kier alpha value is -3.11. The molecule has 0 saturated heterocycles. The molecule has 0 aliphatic heterocycles. The standard InChI is InChI=1S/C21H29N3O7/c1-14(21(29)30)31-13-23-19(27)10-8-18(26)17(11-15-5-3-2-4-6-15)24-20(28)9-7-16(25)12-22/h2-6,14,17H,7-13,22H2,1H3,(H,23,27)(H,24,28)(H,29,30)/t14-,17-/m0/s1. The summed E-state index contributed by atoms with van der Waals surface area (Å²) in [7, 11) is 0. The summed E-state index contributed by atoms with van der Waals surface area (Å²) in [4.78, 5) is 58.7. The lowest BCUT2D eigenvalue weighted by atomic mass is 9.99. The van der Waals surface area contributed by atoms with Gasteiger partial charge in [-0.05, 0) is 18.9 Å². The van der Waals surface area contributed by atoms with Crippen LogP contribution in [0.1, 0.15) is 38.2 Å². The summed E-state index contributed by atoms with van der Waals surface area (Å²) in [5, 5.41) is 13.7. The smallest absolute Gasteiger partial charge is 0.332 e. The molecule has 10 nitrogen and oxygen atoms in total. The van der Waals surface area contributed by atoms with Gasteiger partial charge in [0.25, 0.3) is 0 Å². The second-order valence-electron chi connectivity index (χ2n) is 6.91. The zero-order chi connectivity index (χ0) is 23.2. The van der Waals surface area contributed by atoms with Gasteiger partial charge in [0.2, 0.25) is 11.8 Å². The van der Waals surface area contributed by atoms with Gasteiger partial charge in [-0.1, -0.05) is 30.3 Å². The van der Waals surface area contributed by atoms with E-state index in [1.165, 1.54) is 6.92 Å². The molecule has 0 radical (unpaired) electrons. The SMILES string of the molecule is C[C@H](OCNC(=O)CCC(=O)[C@H](Cc1ccccc1)NC(=O)CCC(=O)CN)C(=O)O. The van der Waals surface area contributed by atoms with Gasteiger partial charge in [0.1, 0.15) is 12.5 Å². The number of aliphatic carboxylic acids is 1. The second-order valence-corrected chi connectivity index (χ2v) is 6.91. The fourth-order valence-corrected chi connectivity index (χ4v) is 2.53. The lowest BCUT2D eigenvalue weighted by Gasteiger charge is -2.18. The van der Waals surface area contributed by atoms with Crippen LogP contribution in [0.15, 0.2) is 30.3 Å². The molecule has 0 aliphatic rings. The minimum atomic E-state index is -1.16. The second kappa shape index (κ2) is 14.0. The maximum atomic E-state index is 12.7. The van der Waals surface area contributed by atoms with E-state index < -0.39 is 29.9 Å². The van der Waals surface area contributed by atoms with Gasteiger partial charge >= 0.3 is 5.97 Å². The molecule has 0 spiro atoms. The number of Topliss-reactive ketones (excluding diaryl/α,β-unsaturated/α-hetero) is 2. The van der Waals surface area contributed by atoms with Crippen LogP contribution in [0.3, 0.4) is 0 Å². The molecule has 2 amide bonds. The molecule has 10 heteroatoms. The van der Waals surface area contributed by atoms with Gasteiger partial charge < -0.3 is 26.2 Å². The monoisotopic (exact) mass is 435 g/mol. The van der Waals surface area contributed by atoms with Crippen LogP contribution < -0.4 is 16.4 Å². The van der Waals surface area contributed by atoms with Crippen molar-refractivity contribution in [2.24, 2.45) is 5.73 Å². The number of carbonyl (C=O) groups is 5. The van der Waals surface area contributed by atoms with Crippen molar-refractivity contribution in [2.45, 2.75) is 51.2 Å². The topological polar surface area (TPSA) is 165 Å². The lowest BCUT2D eigenvalue weighted by Crippen LogP contribution is -2.43. The van der Waals surface area contributed by atoms with E-state index >= 15 is 0 Å². The zero-order valence-corrected chi connectivity index (χ0v) is 17.5. The van der Waals surface area contributed by atoms with Crippen LogP contribution in [0.2, 0.25) is 0 Å². The molecule has 0 saturated carbocycles. The Balaban J connectivity index is 2.60. The Morgan fingerprint density at radius 2 is 1.65 bits per heavy atom. The van der Waals surface area contributed by atoms with Gasteiger partial charge in [-0.25, -0.2) is 4.79 Å². The quantitative estimate of drug-likeness (QED) is 0.278. The maximum Gasteiger partial charge on any atom is 0.332 e. The van der Waals surface area contributed by atoms with E-state index in [0.29, 0.717) is 0 Å². The molecule has 1 rings (SSSR count). The van der Waals surface area contributed by atoms with Crippen LogP contribution in [0.25, 0.3) is 0 Å². The Labute approximate surface area is 180 Å². The number of ketones is 2. The first kappa shape index (κ1) is 25.9. The van der Waals surface area contributed by atoms with E-state index in [1.807, 2.05) is 30.3 Å². The summed E-state index contributed by atoms with van der Waals surface area (Å²) in [6.07, 6.45) is -1.17. The average molecular weight is 435 g/mol. The van der Waals surface area contributed by atoms with Gasteiger partial charge in [0.05, 0.1) is 12.6 Å². The number of rotatable bonds is 15. The summed E-state index contributed by atoms with van der Waals surface area (Å²) < 4.78 is 4.91. The highest BCUT2D eigenvalue weighted by Crippen LogP contribution is 2.08. The van der Waals surface area contributed by atoms with Crippen molar-refractivity contribution in [3.8, 4) is 0 Å². The Kier molecular flexibility index (Phi) is 11.7. The lowest BCUT2D eigenvalue weighted by molar-refractivity contribution is -0.150. The van der Waals surface area contributed by atoms with Crippen LogP contribution in [-0.2, 0) is 35.1 Å². The fourth-order valence-electron chi connectivity index (χ4n) is 2.53. The highest BCUT2D eigenvalue weighted by atomic mass is 16.5. The summed E-state index contributed by atoms with van der Waals surface area (Å²) in [6, 6.07) is 8.23. The number of carboxylic acids is 1. The fraction of sp³-hybridized carbons (Fsp3) is 0.476. The number of carboxylic acid groups (broad SMARTS) is 1. The highest BCUT2D eigenvalue weighted by molar-refractivity contribution is 5.92. The minimum absolute atomic E-state index is 0.00818. The van der Waals surface area contributed by atoms with E-state index in [0.717, 1.165) is 5.56 Å². The first-order valence-electron chi connectivity index (χ1n) is 9.91. The van der Waals surface area contributed by atoms with Crippen LogP contribution in [0.4, 0.5) is 0 Å². The maximum absolute atomic E-state index is 12.7. The van der Waals surface area contributed by atoms with Crippen molar-refractivity contribution in [3.63, 3.8) is 0 Å². The number of carbonyl (C=O) groups excluding carboxylic acids is 4. The zero-order valence-electron chi connectivity index (χ0n) is 17.5. The van der Waals surface area contributed by atoms with Crippen molar-refractivity contribution in [1.29, 1.82) is 0 Å². The van der Waals surface area contributed by atoms with Crippen LogP contribution >= 0.6 is 0 Å². The molecule has 1 aromatic rings. The third-order valence-corrected chi connectivity index (χ3v) is 4.41. The van der Waals surface area contributed by atoms with Crippen molar-refractivity contribution < 1.29 is 33.8 Å². The molecule has 0 bridgehead atoms. The molecule has 0 heterocycles. The number of benzene rings is 1. The van der Waals surface area contributed by atoms with Crippen molar-refractivity contribution >= 4 is 29.4 Å². The molecule has 5 N–H and O–H groups in total. The third kappa shape index (κ3) is 11.0. The summed E-state index contributed by atoms with van der Waals surface area (Å²) in [6.45, 7) is 0.888. The highest BCUT2D eigenvalue weighted by Gasteiger charge is 2.22. The first-order chi connectivity index (χ1) is 14.7. The van der Waals surface area contributed by atoms with Gasteiger partial charge in [-0.15, -0.1) is 0 Å². The number of hydrogen-bond donors (Lipinski definition) is 4. The summed E-state index contributed by atoms with van der Waals surface area (Å²) >= 11 is 0. The minimum Gasteiger partial charge on any atom is -0.479 e. The predicted molar refractivity (Wildman–Crippen MR) is 111 cm³/mol. The molecular formula is C21H29N3O7. The summed E-state index contributed by atoms with van der Waals surface area (Å²) in [5.41, 5.74) is 6.07. The number of nitrogens with one attached hydrogen (secondary N) is 2. The number of hydrogen-bond acceptors (Lipinski definition) is 7. The van der Waals surface area contributed by atoms with Gasteiger partial charge in [-0.2, -0.15) is 0 Å². The molecule has 170 valence electrons. The molecule has 0 aliphatic carbocycles. The normalized spacial score (nSPS) is 12.5. The van der Waals surface area contributed by atoms with E-state index in [1.54, 1.807) is 0 Å². The predicted octanol–water partition coefficient (Wildman–Crippen LogP) is -0.0654. The Bertz CT molecular complexity index is 767. The van der Waals surface area contributed by atoms with Gasteiger partial charge in [-0.3, -0.25) is 19.2 Å². The van der Waals surface area contributed by atoms with Crippen LogP contribution in [0, 0.1) is 0 Å². The van der Waals surface area contributed by atoms with E-state index in [-0.39, 0.29) is 56.9 Å². The molecule has 0 unspecified atom stereocenters. The Morgan fingerprint density at radius 1 is 1.00 bits per heavy atom. The van der Waals surface area contributed by atoms with Crippen molar-refractivity contribution in [2.75, 3.05) is 13.3 Å². The van der Waals surface area contributed by atoms with Crippen molar-refractivity contribution in [3.05, 3.63) is 35.9 Å². The molecule has 1 aromatic carbocycles. The van der Waals surface area contributed by atoms with Crippen molar-refractivity contribution in [1.82, 2.24) is 10.6 Å². The number of nitrogens with two attached hydrogens (primary N) is 1. The molecular weight excluding hydrogens is 406 g/mol. The van der Waals surface area contributed by atoms with Gasteiger partial charge in [0, 0.05) is 25.7 Å². The molecule has 31 heavy (non-hydrogen) atoms. The van der Waals surface area contributed by atoms with E-state index in [4.69, 9.17) is 15.6 Å². The molecule has 0 aromatic heterocycles. The van der Waals surface area contributed by atoms with E-state index in [9.17, 15) is 24.0 Å². The molecule has 2 atom stereocenters.